The first-order valence-corrected chi connectivity index (χ1v) is 6.36. The number of rotatable bonds is 3. The highest BCUT2D eigenvalue weighted by molar-refractivity contribution is 5.86. The van der Waals surface area contributed by atoms with Gasteiger partial charge in [0.1, 0.15) is 17.9 Å². The molecule has 0 saturated carbocycles. The summed E-state index contributed by atoms with van der Waals surface area (Å²) in [6.45, 7) is -0.327. The van der Waals surface area contributed by atoms with Crippen LogP contribution in [0.4, 0.5) is 5.82 Å². The zero-order valence-electron chi connectivity index (χ0n) is 11.0. The molecule has 1 amide bonds. The highest BCUT2D eigenvalue weighted by Crippen LogP contribution is 2.40. The summed E-state index contributed by atoms with van der Waals surface area (Å²) in [6, 6.07) is 3.16. The number of amides is 1. The van der Waals surface area contributed by atoms with Gasteiger partial charge in [-0.05, 0) is 12.1 Å². The molecule has 3 heterocycles. The van der Waals surface area contributed by atoms with Crippen LogP contribution in [0.1, 0.15) is 12.1 Å². The van der Waals surface area contributed by atoms with E-state index in [0.717, 1.165) is 0 Å². The second-order valence-electron chi connectivity index (χ2n) is 4.93. The van der Waals surface area contributed by atoms with Gasteiger partial charge in [-0.3, -0.25) is 4.79 Å². The summed E-state index contributed by atoms with van der Waals surface area (Å²) in [5, 5.41) is 23.5. The van der Waals surface area contributed by atoms with Gasteiger partial charge >= 0.3 is 0 Å². The SMILES string of the molecule is NC(=O)[C@@]1(c2ccc3c(N)ncnn23)O[C@H](CO)C[C@H]1O. The molecular weight excluding hydrogens is 278 g/mol. The van der Waals surface area contributed by atoms with E-state index in [-0.39, 0.29) is 24.5 Å². The van der Waals surface area contributed by atoms with Crippen molar-refractivity contribution in [3.8, 4) is 0 Å². The Kier molecular flexibility index (Phi) is 3.04. The zero-order chi connectivity index (χ0) is 15.2. The van der Waals surface area contributed by atoms with Crippen LogP contribution in [0.15, 0.2) is 18.5 Å². The molecule has 0 bridgehead atoms. The number of ether oxygens (including phenoxy) is 1. The highest BCUT2D eigenvalue weighted by Gasteiger charge is 2.55. The topological polar surface area (TPSA) is 149 Å². The minimum Gasteiger partial charge on any atom is -0.394 e. The first-order chi connectivity index (χ1) is 10.0. The van der Waals surface area contributed by atoms with E-state index >= 15 is 0 Å². The molecule has 2 aromatic heterocycles. The van der Waals surface area contributed by atoms with Crippen LogP contribution in [0.5, 0.6) is 0 Å². The van der Waals surface area contributed by atoms with Crippen molar-refractivity contribution in [2.45, 2.75) is 24.2 Å². The van der Waals surface area contributed by atoms with E-state index in [1.54, 1.807) is 12.1 Å². The Labute approximate surface area is 119 Å². The number of hydrogen-bond acceptors (Lipinski definition) is 7. The summed E-state index contributed by atoms with van der Waals surface area (Å²) >= 11 is 0. The second-order valence-corrected chi connectivity index (χ2v) is 4.93. The van der Waals surface area contributed by atoms with Gasteiger partial charge < -0.3 is 26.4 Å². The van der Waals surface area contributed by atoms with E-state index in [2.05, 4.69) is 10.1 Å². The van der Waals surface area contributed by atoms with E-state index in [0.29, 0.717) is 5.52 Å². The molecule has 3 atom stereocenters. The summed E-state index contributed by atoms with van der Waals surface area (Å²) in [5.74, 6) is -0.634. The Balaban J connectivity index is 2.22. The third kappa shape index (κ3) is 1.78. The molecule has 0 radical (unpaired) electrons. The van der Waals surface area contributed by atoms with Crippen molar-refractivity contribution in [1.82, 2.24) is 14.6 Å². The van der Waals surface area contributed by atoms with Crippen LogP contribution in [0.25, 0.3) is 5.52 Å². The van der Waals surface area contributed by atoms with Crippen molar-refractivity contribution in [3.63, 3.8) is 0 Å². The Morgan fingerprint density at radius 3 is 2.95 bits per heavy atom. The molecule has 2 aromatic rings. The molecular formula is C12H15N5O4. The lowest BCUT2D eigenvalue weighted by molar-refractivity contribution is -0.155. The maximum Gasteiger partial charge on any atom is 0.258 e. The number of nitrogen functional groups attached to an aromatic ring is 1. The molecule has 3 rings (SSSR count). The van der Waals surface area contributed by atoms with Gasteiger partial charge in [-0.15, -0.1) is 0 Å². The summed E-state index contributed by atoms with van der Waals surface area (Å²) in [4.78, 5) is 15.8. The molecule has 0 unspecified atom stereocenters. The van der Waals surface area contributed by atoms with Gasteiger partial charge in [0.15, 0.2) is 5.82 Å². The lowest BCUT2D eigenvalue weighted by atomic mass is 9.92. The maximum atomic E-state index is 12.0. The smallest absolute Gasteiger partial charge is 0.258 e. The molecule has 0 aliphatic carbocycles. The molecule has 112 valence electrons. The van der Waals surface area contributed by atoms with E-state index in [1.165, 1.54) is 10.8 Å². The predicted molar refractivity (Wildman–Crippen MR) is 70.9 cm³/mol. The van der Waals surface area contributed by atoms with Crippen molar-refractivity contribution < 1.29 is 19.7 Å². The van der Waals surface area contributed by atoms with Crippen molar-refractivity contribution >= 4 is 17.2 Å². The minimum atomic E-state index is -1.78. The van der Waals surface area contributed by atoms with Gasteiger partial charge in [0.25, 0.3) is 5.91 Å². The van der Waals surface area contributed by atoms with Crippen molar-refractivity contribution in [3.05, 3.63) is 24.2 Å². The number of aliphatic hydroxyl groups excluding tert-OH is 2. The molecule has 21 heavy (non-hydrogen) atoms. The second kappa shape index (κ2) is 4.65. The van der Waals surface area contributed by atoms with Gasteiger partial charge in [-0.1, -0.05) is 0 Å². The Bertz CT molecular complexity index is 702. The van der Waals surface area contributed by atoms with Crippen LogP contribution in [0.3, 0.4) is 0 Å². The van der Waals surface area contributed by atoms with Gasteiger partial charge in [-0.25, -0.2) is 9.50 Å². The highest BCUT2D eigenvalue weighted by atomic mass is 16.5. The third-order valence-electron chi connectivity index (χ3n) is 3.74. The van der Waals surface area contributed by atoms with Crippen molar-refractivity contribution in [2.75, 3.05) is 12.3 Å². The third-order valence-corrected chi connectivity index (χ3v) is 3.74. The fraction of sp³-hybridized carbons (Fsp3) is 0.417. The molecule has 9 heteroatoms. The molecule has 9 nitrogen and oxygen atoms in total. The standard InChI is InChI=1S/C12H15N5O4/c13-10-7-1-2-8(17(7)16-5-15-10)12(11(14)20)9(19)3-6(4-18)21-12/h1-2,5-6,9,18-19H,3-4H2,(H2,14,20)(H2,13,15,16)/t6-,9+,12-/m0/s1. The number of primary amides is 1. The van der Waals surface area contributed by atoms with Crippen LogP contribution < -0.4 is 11.5 Å². The van der Waals surface area contributed by atoms with Gasteiger partial charge in [0.2, 0.25) is 5.60 Å². The largest absolute Gasteiger partial charge is 0.394 e. The summed E-state index contributed by atoms with van der Waals surface area (Å²) in [6.07, 6.45) is -0.558. The van der Waals surface area contributed by atoms with E-state index in [1.807, 2.05) is 0 Å². The van der Waals surface area contributed by atoms with E-state index in [4.69, 9.17) is 16.2 Å². The zero-order valence-corrected chi connectivity index (χ0v) is 11.0. The van der Waals surface area contributed by atoms with Crippen molar-refractivity contribution in [1.29, 1.82) is 0 Å². The van der Waals surface area contributed by atoms with Crippen LogP contribution >= 0.6 is 0 Å². The number of aromatic nitrogens is 3. The number of anilines is 1. The molecule has 1 fully saturated rings. The molecule has 1 saturated heterocycles. The Morgan fingerprint density at radius 2 is 2.33 bits per heavy atom. The normalized spacial score (nSPS) is 29.0. The average molecular weight is 293 g/mol. The van der Waals surface area contributed by atoms with Gasteiger partial charge in [0.05, 0.1) is 18.4 Å². The number of nitrogens with zero attached hydrogens (tertiary/aromatic N) is 3. The Morgan fingerprint density at radius 1 is 1.57 bits per heavy atom. The average Bonchev–Trinajstić information content (AvgIpc) is 3.01. The Hall–Kier alpha value is -2.23. The minimum absolute atomic E-state index is 0.0905. The van der Waals surface area contributed by atoms with Crippen LogP contribution in [0.2, 0.25) is 0 Å². The molecule has 0 aromatic carbocycles. The lowest BCUT2D eigenvalue weighted by Gasteiger charge is -2.28. The van der Waals surface area contributed by atoms with Crippen LogP contribution in [0, 0.1) is 0 Å². The summed E-state index contributed by atoms with van der Waals surface area (Å²) in [7, 11) is 0. The number of carbonyl (C=O) groups is 1. The molecule has 6 N–H and O–H groups in total. The number of carbonyl (C=O) groups excluding carboxylic acids is 1. The summed E-state index contributed by atoms with van der Waals surface area (Å²) < 4.78 is 6.92. The van der Waals surface area contributed by atoms with Crippen molar-refractivity contribution in [2.24, 2.45) is 5.73 Å². The maximum absolute atomic E-state index is 12.0. The first-order valence-electron chi connectivity index (χ1n) is 6.36. The monoisotopic (exact) mass is 293 g/mol. The summed E-state index contributed by atoms with van der Waals surface area (Å²) in [5.41, 5.74) is 10.2. The first kappa shape index (κ1) is 13.7. The van der Waals surface area contributed by atoms with Gasteiger partial charge in [0, 0.05) is 6.42 Å². The quantitative estimate of drug-likeness (QED) is 0.518. The molecule has 1 aliphatic heterocycles. The van der Waals surface area contributed by atoms with E-state index in [9.17, 15) is 15.0 Å². The van der Waals surface area contributed by atoms with Crippen LogP contribution in [-0.2, 0) is 15.1 Å². The predicted octanol–water partition coefficient (Wildman–Crippen LogP) is -1.87. The van der Waals surface area contributed by atoms with E-state index < -0.39 is 23.7 Å². The number of nitrogens with two attached hydrogens (primary N) is 2. The lowest BCUT2D eigenvalue weighted by Crippen LogP contribution is -2.49. The van der Waals surface area contributed by atoms with Gasteiger partial charge in [-0.2, -0.15) is 5.10 Å². The number of hydrogen-bond donors (Lipinski definition) is 4. The molecule has 1 aliphatic rings. The number of aliphatic hydroxyl groups is 2. The fourth-order valence-electron chi connectivity index (χ4n) is 2.73. The fourth-order valence-corrected chi connectivity index (χ4v) is 2.73. The number of fused-ring (bicyclic) bond motifs is 1. The molecule has 0 spiro atoms. The van der Waals surface area contributed by atoms with Crippen LogP contribution in [-0.4, -0.2) is 49.5 Å².